The van der Waals surface area contributed by atoms with E-state index < -0.39 is 5.97 Å². The molecule has 20 heavy (non-hydrogen) atoms. The van der Waals surface area contributed by atoms with Crippen LogP contribution in [-0.4, -0.2) is 30.1 Å². The number of benzene rings is 1. The number of rotatable bonds is 3. The molecule has 8 heteroatoms. The quantitative estimate of drug-likeness (QED) is 0.916. The van der Waals surface area contributed by atoms with Gasteiger partial charge in [0.05, 0.1) is 12.7 Å². The number of ether oxygens (including phenoxy) is 3. The Morgan fingerprint density at radius 3 is 2.90 bits per heavy atom. The van der Waals surface area contributed by atoms with E-state index in [0.29, 0.717) is 33.0 Å². The number of fused-ring (bicyclic) bond motifs is 1. The smallest absolute Gasteiger partial charge is 0.374 e. The van der Waals surface area contributed by atoms with Crippen LogP contribution in [0.5, 0.6) is 17.2 Å². The molecule has 0 amide bonds. The van der Waals surface area contributed by atoms with E-state index in [1.54, 1.807) is 6.07 Å². The van der Waals surface area contributed by atoms with Crippen LogP contribution in [0.3, 0.4) is 0 Å². The largest absolute Gasteiger partial charge is 0.495 e. The Bertz CT molecular complexity index is 695. The fourth-order valence-electron chi connectivity index (χ4n) is 1.88. The van der Waals surface area contributed by atoms with E-state index in [-0.39, 0.29) is 12.6 Å². The first-order valence-electron chi connectivity index (χ1n) is 5.48. The molecule has 0 spiro atoms. The molecule has 1 N–H and O–H groups in total. The van der Waals surface area contributed by atoms with Crippen molar-refractivity contribution in [1.82, 2.24) is 5.16 Å². The van der Waals surface area contributed by atoms with Crippen LogP contribution in [0.1, 0.15) is 10.6 Å². The predicted octanol–water partition coefficient (Wildman–Crippen LogP) is 2.54. The lowest BCUT2D eigenvalue weighted by Gasteiger charge is -2.10. The van der Waals surface area contributed by atoms with E-state index >= 15 is 0 Å². The molecule has 3 rings (SSSR count). The van der Waals surface area contributed by atoms with Crippen molar-refractivity contribution in [2.45, 2.75) is 0 Å². The Balaban J connectivity index is 2.17. The van der Waals surface area contributed by atoms with Crippen LogP contribution >= 0.6 is 15.9 Å². The van der Waals surface area contributed by atoms with Gasteiger partial charge in [0, 0.05) is 6.07 Å². The zero-order chi connectivity index (χ0) is 14.3. The number of nitrogens with zero attached hydrogens (tertiary/aromatic N) is 1. The lowest BCUT2D eigenvalue weighted by atomic mass is 10.1. The standard InChI is InChI=1S/C12H8BrNO6/c1-17-10-5(6-3-8(12(15)16)20-14-6)2-7-11(9(10)13)19-4-18-7/h2-3H,4H2,1H3,(H,15,16). The van der Waals surface area contributed by atoms with Gasteiger partial charge in [-0.2, -0.15) is 0 Å². The summed E-state index contributed by atoms with van der Waals surface area (Å²) in [5.74, 6) is 0.0676. The van der Waals surface area contributed by atoms with Crippen molar-refractivity contribution < 1.29 is 28.6 Å². The highest BCUT2D eigenvalue weighted by Gasteiger charge is 2.26. The van der Waals surface area contributed by atoms with Crippen molar-refractivity contribution in [3.05, 3.63) is 22.4 Å². The summed E-state index contributed by atoms with van der Waals surface area (Å²) < 4.78 is 21.3. The van der Waals surface area contributed by atoms with Gasteiger partial charge in [0.2, 0.25) is 12.6 Å². The van der Waals surface area contributed by atoms with E-state index in [1.165, 1.54) is 13.2 Å². The van der Waals surface area contributed by atoms with Gasteiger partial charge >= 0.3 is 5.97 Å². The second kappa shape index (κ2) is 4.71. The SMILES string of the molecule is COc1c(-c2cc(C(=O)O)on2)cc2c(c1Br)OCO2. The van der Waals surface area contributed by atoms with Gasteiger partial charge in [-0.05, 0) is 22.0 Å². The highest BCUT2D eigenvalue weighted by atomic mass is 79.9. The van der Waals surface area contributed by atoms with Crippen LogP contribution < -0.4 is 14.2 Å². The molecule has 2 heterocycles. The van der Waals surface area contributed by atoms with Gasteiger partial charge in [-0.15, -0.1) is 0 Å². The Morgan fingerprint density at radius 1 is 1.45 bits per heavy atom. The maximum atomic E-state index is 10.8. The van der Waals surface area contributed by atoms with Gasteiger partial charge in [-0.1, -0.05) is 5.16 Å². The molecule has 1 aromatic heterocycles. The van der Waals surface area contributed by atoms with Gasteiger partial charge in [-0.25, -0.2) is 4.79 Å². The Morgan fingerprint density at radius 2 is 2.25 bits per heavy atom. The van der Waals surface area contributed by atoms with Crippen LogP contribution in [0.2, 0.25) is 0 Å². The molecule has 104 valence electrons. The highest BCUT2D eigenvalue weighted by Crippen LogP contribution is 2.49. The summed E-state index contributed by atoms with van der Waals surface area (Å²) in [6.45, 7) is 0.111. The molecule has 0 bridgehead atoms. The van der Waals surface area contributed by atoms with E-state index in [4.69, 9.17) is 23.8 Å². The fourth-order valence-corrected chi connectivity index (χ4v) is 2.56. The highest BCUT2D eigenvalue weighted by molar-refractivity contribution is 9.10. The summed E-state index contributed by atoms with van der Waals surface area (Å²) in [5, 5.41) is 12.6. The molecule has 0 saturated heterocycles. The number of hydrogen-bond acceptors (Lipinski definition) is 6. The molecule has 0 radical (unpaired) electrons. The van der Waals surface area contributed by atoms with Crippen molar-refractivity contribution >= 4 is 21.9 Å². The Hall–Kier alpha value is -2.22. The topological polar surface area (TPSA) is 91.0 Å². The van der Waals surface area contributed by atoms with Gasteiger partial charge in [-0.3, -0.25) is 0 Å². The van der Waals surface area contributed by atoms with Crippen molar-refractivity contribution in [3.8, 4) is 28.5 Å². The lowest BCUT2D eigenvalue weighted by molar-refractivity contribution is 0.0652. The summed E-state index contributed by atoms with van der Waals surface area (Å²) in [7, 11) is 1.49. The van der Waals surface area contributed by atoms with E-state index in [1.807, 2.05) is 0 Å². The molecular weight excluding hydrogens is 334 g/mol. The minimum atomic E-state index is -1.19. The maximum absolute atomic E-state index is 10.8. The van der Waals surface area contributed by atoms with Crippen molar-refractivity contribution in [3.63, 3.8) is 0 Å². The minimum absolute atomic E-state index is 0.111. The first-order valence-corrected chi connectivity index (χ1v) is 6.27. The molecular formula is C12H8BrNO6. The molecule has 0 unspecified atom stereocenters. The number of halogens is 1. The third kappa shape index (κ3) is 1.88. The van der Waals surface area contributed by atoms with Crippen LogP contribution in [-0.2, 0) is 0 Å². The summed E-state index contributed by atoms with van der Waals surface area (Å²) >= 11 is 3.37. The summed E-state index contributed by atoms with van der Waals surface area (Å²) in [5.41, 5.74) is 0.873. The van der Waals surface area contributed by atoms with Gasteiger partial charge in [0.15, 0.2) is 11.5 Å². The summed E-state index contributed by atoms with van der Waals surface area (Å²) in [6.07, 6.45) is 0. The second-order valence-electron chi connectivity index (χ2n) is 3.89. The van der Waals surface area contributed by atoms with Crippen molar-refractivity contribution in [2.24, 2.45) is 0 Å². The minimum Gasteiger partial charge on any atom is -0.495 e. The van der Waals surface area contributed by atoms with E-state index in [2.05, 4.69) is 21.1 Å². The number of carbonyl (C=O) groups is 1. The molecule has 0 fully saturated rings. The number of hydrogen-bond donors (Lipinski definition) is 1. The molecule has 1 aliphatic heterocycles. The molecule has 0 atom stereocenters. The van der Waals surface area contributed by atoms with Gasteiger partial charge < -0.3 is 23.8 Å². The number of carboxylic acid groups (broad SMARTS) is 1. The fraction of sp³-hybridized carbons (Fsp3) is 0.167. The molecule has 2 aromatic rings. The molecule has 0 saturated carbocycles. The summed E-state index contributed by atoms with van der Waals surface area (Å²) in [6, 6.07) is 2.98. The third-order valence-corrected chi connectivity index (χ3v) is 3.48. The Kier molecular flexibility index (Phi) is 3.01. The monoisotopic (exact) mass is 341 g/mol. The Labute approximate surface area is 121 Å². The van der Waals surface area contributed by atoms with E-state index in [9.17, 15) is 4.79 Å². The van der Waals surface area contributed by atoms with Crippen LogP contribution in [0.4, 0.5) is 0 Å². The van der Waals surface area contributed by atoms with Crippen LogP contribution in [0, 0.1) is 0 Å². The van der Waals surface area contributed by atoms with Crippen molar-refractivity contribution in [2.75, 3.05) is 13.9 Å². The zero-order valence-corrected chi connectivity index (χ0v) is 11.8. The third-order valence-electron chi connectivity index (χ3n) is 2.76. The van der Waals surface area contributed by atoms with Crippen LogP contribution in [0.15, 0.2) is 21.1 Å². The maximum Gasteiger partial charge on any atom is 0.374 e. The van der Waals surface area contributed by atoms with Crippen molar-refractivity contribution in [1.29, 1.82) is 0 Å². The van der Waals surface area contributed by atoms with Gasteiger partial charge in [0.1, 0.15) is 15.9 Å². The molecule has 1 aliphatic rings. The average molecular weight is 342 g/mol. The normalized spacial score (nSPS) is 12.5. The molecule has 0 aliphatic carbocycles. The number of carboxylic acids is 1. The molecule has 7 nitrogen and oxygen atoms in total. The van der Waals surface area contributed by atoms with Gasteiger partial charge in [0.25, 0.3) is 0 Å². The number of aromatic nitrogens is 1. The predicted molar refractivity (Wildman–Crippen MR) is 69.3 cm³/mol. The lowest BCUT2D eigenvalue weighted by Crippen LogP contribution is -1.93. The van der Waals surface area contributed by atoms with E-state index in [0.717, 1.165) is 0 Å². The number of methoxy groups -OCH3 is 1. The number of aromatic carboxylic acids is 1. The average Bonchev–Trinajstić information content (AvgIpc) is 3.07. The first kappa shape index (κ1) is 12.8. The zero-order valence-electron chi connectivity index (χ0n) is 10.2. The van der Waals surface area contributed by atoms with Crippen LogP contribution in [0.25, 0.3) is 11.3 Å². The second-order valence-corrected chi connectivity index (χ2v) is 4.68. The first-order chi connectivity index (χ1) is 9.61. The molecule has 1 aromatic carbocycles. The summed E-state index contributed by atoms with van der Waals surface area (Å²) in [4.78, 5) is 10.8.